The monoisotopic (exact) mass is 284 g/mol. The second-order valence-electron chi connectivity index (χ2n) is 3.58. The molecule has 4 nitrogen and oxygen atoms in total. The van der Waals surface area contributed by atoms with E-state index in [2.05, 4.69) is 0 Å². The summed E-state index contributed by atoms with van der Waals surface area (Å²) in [5.41, 5.74) is 0. The Bertz CT molecular complexity index is 695. The van der Waals surface area contributed by atoms with Crippen LogP contribution in [0.25, 0.3) is 0 Å². The normalized spacial score (nSPS) is 11.4. The van der Waals surface area contributed by atoms with E-state index in [0.29, 0.717) is 0 Å². The smallest absolute Gasteiger partial charge is 0.210 e. The first-order valence-corrected chi connectivity index (χ1v) is 6.80. The van der Waals surface area contributed by atoms with E-state index in [1.54, 1.807) is 0 Å². The fourth-order valence-electron chi connectivity index (χ4n) is 1.47. The van der Waals surface area contributed by atoms with Crippen LogP contribution in [-0.4, -0.2) is 18.6 Å². The Labute approximate surface area is 109 Å². The highest BCUT2D eigenvalue weighted by atomic mass is 35.5. The lowest BCUT2D eigenvalue weighted by molar-refractivity contribution is 0.459. The molecule has 0 bridgehead atoms. The molecule has 0 fully saturated rings. The Morgan fingerprint density at radius 2 is 1.61 bits per heavy atom. The van der Waals surface area contributed by atoms with Gasteiger partial charge in [0.2, 0.25) is 9.84 Å². The highest BCUT2D eigenvalue weighted by molar-refractivity contribution is 7.91. The highest BCUT2D eigenvalue weighted by Gasteiger charge is 2.21. The molecule has 2 N–H and O–H groups in total. The summed E-state index contributed by atoms with van der Waals surface area (Å²) >= 11 is 5.67. The Balaban J connectivity index is 2.62. The predicted molar refractivity (Wildman–Crippen MR) is 66.7 cm³/mol. The third-order valence-electron chi connectivity index (χ3n) is 2.38. The summed E-state index contributed by atoms with van der Waals surface area (Å²) in [6.07, 6.45) is 0. The van der Waals surface area contributed by atoms with Crippen molar-refractivity contribution in [3.63, 3.8) is 0 Å². The Morgan fingerprint density at radius 3 is 2.22 bits per heavy atom. The number of para-hydroxylation sites is 1. The minimum atomic E-state index is -3.85. The number of phenols is 2. The molecule has 0 saturated carbocycles. The number of benzene rings is 2. The molecule has 0 aliphatic carbocycles. The zero-order valence-corrected chi connectivity index (χ0v) is 10.6. The molecule has 0 heterocycles. The van der Waals surface area contributed by atoms with Crippen LogP contribution in [0.3, 0.4) is 0 Å². The van der Waals surface area contributed by atoms with Gasteiger partial charge in [0.25, 0.3) is 0 Å². The number of hydrogen-bond acceptors (Lipinski definition) is 4. The number of hydrogen-bond donors (Lipinski definition) is 2. The molecule has 2 aromatic carbocycles. The standard InChI is InChI=1S/C12H9ClO4S/c13-9-7-8(5-6-10(9)14)18(16,17)12-4-2-1-3-11(12)15/h1-7,14-15H. The van der Waals surface area contributed by atoms with Crippen LogP contribution in [0.15, 0.2) is 52.3 Å². The maximum atomic E-state index is 12.2. The molecule has 18 heavy (non-hydrogen) atoms. The maximum absolute atomic E-state index is 12.2. The quantitative estimate of drug-likeness (QED) is 0.889. The Morgan fingerprint density at radius 1 is 0.944 bits per heavy atom. The lowest BCUT2D eigenvalue weighted by atomic mass is 10.3. The molecule has 94 valence electrons. The van der Waals surface area contributed by atoms with E-state index in [1.165, 1.54) is 36.4 Å². The van der Waals surface area contributed by atoms with Gasteiger partial charge in [-0.15, -0.1) is 0 Å². The highest BCUT2D eigenvalue weighted by Crippen LogP contribution is 2.32. The van der Waals surface area contributed by atoms with Gasteiger partial charge in [-0.25, -0.2) is 8.42 Å². The summed E-state index contributed by atoms with van der Waals surface area (Å²) in [4.78, 5) is -0.293. The minimum absolute atomic E-state index is 0.0634. The van der Waals surface area contributed by atoms with Gasteiger partial charge in [0.05, 0.1) is 9.92 Å². The first-order valence-electron chi connectivity index (χ1n) is 4.94. The number of phenolic OH excluding ortho intramolecular Hbond substituents is 2. The third kappa shape index (κ3) is 2.14. The van der Waals surface area contributed by atoms with Gasteiger partial charge in [0.1, 0.15) is 16.4 Å². The van der Waals surface area contributed by atoms with E-state index in [-0.39, 0.29) is 26.3 Å². The molecule has 0 unspecified atom stereocenters. The topological polar surface area (TPSA) is 74.6 Å². The van der Waals surface area contributed by atoms with Crippen molar-refractivity contribution in [1.82, 2.24) is 0 Å². The molecular weight excluding hydrogens is 276 g/mol. The van der Waals surface area contributed by atoms with Gasteiger partial charge >= 0.3 is 0 Å². The van der Waals surface area contributed by atoms with E-state index < -0.39 is 9.84 Å². The molecule has 2 rings (SSSR count). The van der Waals surface area contributed by atoms with Crippen molar-refractivity contribution in [2.45, 2.75) is 9.79 Å². The Hall–Kier alpha value is -1.72. The van der Waals surface area contributed by atoms with Crippen molar-refractivity contribution in [3.05, 3.63) is 47.5 Å². The van der Waals surface area contributed by atoms with E-state index in [9.17, 15) is 18.6 Å². The van der Waals surface area contributed by atoms with Crippen LogP contribution in [0.4, 0.5) is 0 Å². The molecular formula is C12H9ClO4S. The molecule has 0 aliphatic rings. The second kappa shape index (κ2) is 4.51. The number of aromatic hydroxyl groups is 2. The minimum Gasteiger partial charge on any atom is -0.507 e. The first kappa shape index (κ1) is 12.7. The zero-order valence-electron chi connectivity index (χ0n) is 9.04. The molecule has 0 aromatic heterocycles. The summed E-state index contributed by atoms with van der Waals surface area (Å²) in [5, 5.41) is 18.8. The van der Waals surface area contributed by atoms with Crippen molar-refractivity contribution in [3.8, 4) is 11.5 Å². The summed E-state index contributed by atoms with van der Waals surface area (Å²) in [7, 11) is -3.85. The van der Waals surface area contributed by atoms with Crippen LogP contribution in [0.5, 0.6) is 11.5 Å². The van der Waals surface area contributed by atoms with Crippen LogP contribution < -0.4 is 0 Å². The van der Waals surface area contributed by atoms with E-state index >= 15 is 0 Å². The fraction of sp³-hybridized carbons (Fsp3) is 0. The molecule has 0 aliphatic heterocycles. The summed E-state index contributed by atoms with van der Waals surface area (Å²) in [6, 6.07) is 9.17. The number of halogens is 1. The van der Waals surface area contributed by atoms with Crippen LogP contribution in [-0.2, 0) is 9.84 Å². The fourth-order valence-corrected chi connectivity index (χ4v) is 3.09. The molecule has 0 saturated heterocycles. The van der Waals surface area contributed by atoms with Crippen molar-refractivity contribution < 1.29 is 18.6 Å². The van der Waals surface area contributed by atoms with Crippen LogP contribution in [0, 0.1) is 0 Å². The van der Waals surface area contributed by atoms with Crippen molar-refractivity contribution in [2.75, 3.05) is 0 Å². The van der Waals surface area contributed by atoms with Crippen LogP contribution >= 0.6 is 11.6 Å². The van der Waals surface area contributed by atoms with E-state index in [1.807, 2.05) is 0 Å². The van der Waals surface area contributed by atoms with Gasteiger partial charge in [-0.3, -0.25) is 0 Å². The lowest BCUT2D eigenvalue weighted by Gasteiger charge is -2.07. The van der Waals surface area contributed by atoms with Crippen molar-refractivity contribution in [1.29, 1.82) is 0 Å². The third-order valence-corrected chi connectivity index (χ3v) is 4.49. The molecule has 0 spiro atoms. The molecule has 0 atom stereocenters. The molecule has 0 radical (unpaired) electrons. The summed E-state index contributed by atoms with van der Waals surface area (Å²) in [6.45, 7) is 0. The first-order chi connectivity index (χ1) is 8.43. The van der Waals surface area contributed by atoms with Crippen LogP contribution in [0.1, 0.15) is 0 Å². The zero-order chi connectivity index (χ0) is 13.3. The molecule has 6 heteroatoms. The predicted octanol–water partition coefficient (Wildman–Crippen LogP) is 2.58. The average molecular weight is 285 g/mol. The van der Waals surface area contributed by atoms with Crippen molar-refractivity contribution in [2.24, 2.45) is 0 Å². The second-order valence-corrected chi connectivity index (χ2v) is 5.91. The van der Waals surface area contributed by atoms with Gasteiger partial charge in [-0.2, -0.15) is 0 Å². The average Bonchev–Trinajstić information content (AvgIpc) is 2.33. The van der Waals surface area contributed by atoms with Gasteiger partial charge in [0.15, 0.2) is 0 Å². The maximum Gasteiger partial charge on any atom is 0.210 e. The van der Waals surface area contributed by atoms with Crippen LogP contribution in [0.2, 0.25) is 5.02 Å². The van der Waals surface area contributed by atoms with E-state index in [0.717, 1.165) is 6.07 Å². The summed E-state index contributed by atoms with van der Waals surface area (Å²) in [5.74, 6) is -0.533. The largest absolute Gasteiger partial charge is 0.507 e. The van der Waals surface area contributed by atoms with Gasteiger partial charge < -0.3 is 10.2 Å². The van der Waals surface area contributed by atoms with Gasteiger partial charge in [0, 0.05) is 0 Å². The van der Waals surface area contributed by atoms with Gasteiger partial charge in [-0.1, -0.05) is 23.7 Å². The number of rotatable bonds is 2. The SMILES string of the molecule is O=S(=O)(c1ccc(O)c(Cl)c1)c1ccccc1O. The molecule has 2 aromatic rings. The Kier molecular flexibility index (Phi) is 3.19. The van der Waals surface area contributed by atoms with Gasteiger partial charge in [-0.05, 0) is 30.3 Å². The number of sulfone groups is 1. The van der Waals surface area contributed by atoms with Crippen molar-refractivity contribution >= 4 is 21.4 Å². The lowest BCUT2D eigenvalue weighted by Crippen LogP contribution is -2.02. The molecule has 0 amide bonds. The van der Waals surface area contributed by atoms with E-state index in [4.69, 9.17) is 11.6 Å². The summed E-state index contributed by atoms with van der Waals surface area (Å²) < 4.78 is 24.4.